The van der Waals surface area contributed by atoms with Crippen LogP contribution in [0.4, 0.5) is 5.13 Å². The summed E-state index contributed by atoms with van der Waals surface area (Å²) < 4.78 is 6.22. The van der Waals surface area contributed by atoms with Gasteiger partial charge in [-0.1, -0.05) is 83.6 Å². The number of aromatic nitrogens is 2. The lowest BCUT2D eigenvalue weighted by molar-refractivity contribution is -0.154. The quantitative estimate of drug-likeness (QED) is 0.0975. The van der Waals surface area contributed by atoms with Crippen LogP contribution in [0.15, 0.2) is 112 Å². The van der Waals surface area contributed by atoms with Gasteiger partial charge in [0.25, 0.3) is 11.8 Å². The number of ether oxygens (including phenoxy) is 1. The number of pyridine rings is 1. The Morgan fingerprint density at radius 3 is 2.45 bits per heavy atom. The normalized spacial score (nSPS) is 17.8. The molecular weight excluding hydrogens is 657 g/mol. The van der Waals surface area contributed by atoms with Crippen LogP contribution < -0.4 is 11.1 Å². The van der Waals surface area contributed by atoms with E-state index in [1.54, 1.807) is 17.8 Å². The van der Waals surface area contributed by atoms with Gasteiger partial charge in [-0.25, -0.2) is 9.78 Å². The summed E-state index contributed by atoms with van der Waals surface area (Å²) in [6.07, 6.45) is 4.58. The third kappa shape index (κ3) is 7.09. The summed E-state index contributed by atoms with van der Waals surface area (Å²) in [5.41, 5.74) is 8.45. The Labute approximate surface area is 282 Å². The molecule has 2 aromatic carbocycles. The zero-order valence-electron chi connectivity index (χ0n) is 24.9. The van der Waals surface area contributed by atoms with Crippen molar-refractivity contribution < 1.29 is 24.0 Å². The number of nitrogens with zero attached hydrogens (tertiary/aromatic N) is 4. The molecule has 1 fully saturated rings. The summed E-state index contributed by atoms with van der Waals surface area (Å²) in [7, 11) is 1.30. The average Bonchev–Trinajstić information content (AvgIpc) is 3.54. The number of nitrogens with two attached hydrogens (primary N) is 1. The highest BCUT2D eigenvalue weighted by atomic mass is 32.2. The molecule has 3 N–H and O–H groups in total. The van der Waals surface area contributed by atoms with Gasteiger partial charge >= 0.3 is 5.97 Å². The van der Waals surface area contributed by atoms with Crippen molar-refractivity contribution in [3.8, 4) is 0 Å². The third-order valence-corrected chi connectivity index (χ3v) is 10.2. The smallest absolute Gasteiger partial charge is 0.356 e. The molecule has 2 amide bonds. The highest BCUT2D eigenvalue weighted by Crippen LogP contribution is 2.45. The molecule has 0 saturated carbocycles. The van der Waals surface area contributed by atoms with E-state index < -0.39 is 35.3 Å². The standard InChI is InChI=1S/C33H28N6O5S3/c1-43-38-25(23-18-47-33(34)36-23)29(40)37-26-30(41)39-27(24(19-46-31(26)39)45-16-14-20-9-8-15-35-17-20)32(42)44-28(21-10-4-2-5-11-21)22-12-6-3-7-13-22/h2-18,26,28,31H,19H2,1H3,(H2,34,36)(H,37,40)/b16-14-,38-25-/t26?,31-/m1/s1. The van der Waals surface area contributed by atoms with Crippen molar-refractivity contribution >= 4 is 69.6 Å². The molecule has 4 aromatic rings. The fourth-order valence-electron chi connectivity index (χ4n) is 4.99. The summed E-state index contributed by atoms with van der Waals surface area (Å²) >= 11 is 3.91. The van der Waals surface area contributed by atoms with E-state index in [0.717, 1.165) is 28.0 Å². The van der Waals surface area contributed by atoms with Gasteiger partial charge in [0, 0.05) is 28.4 Å². The van der Waals surface area contributed by atoms with E-state index in [1.165, 1.54) is 35.5 Å². The Bertz CT molecular complexity index is 1810. The number of rotatable bonds is 11. The number of nitrogen functional groups attached to an aromatic ring is 1. The number of hydrogen-bond acceptors (Lipinski definition) is 12. The van der Waals surface area contributed by atoms with Crippen molar-refractivity contribution in [2.75, 3.05) is 18.6 Å². The van der Waals surface area contributed by atoms with Gasteiger partial charge in [-0.15, -0.1) is 23.1 Å². The SMILES string of the molecule is CO/N=C(\C(=O)NC1C(=O)N2C(C(=O)OC(c3ccccc3)c3ccccc3)=C(S/C=C\c3cccnc3)CS[C@H]12)c1csc(N)n1. The summed E-state index contributed by atoms with van der Waals surface area (Å²) in [6, 6.07) is 21.7. The van der Waals surface area contributed by atoms with Crippen LogP contribution in [0.25, 0.3) is 6.08 Å². The number of esters is 1. The summed E-state index contributed by atoms with van der Waals surface area (Å²) in [5, 5.41) is 9.69. The molecule has 2 atom stereocenters. The lowest BCUT2D eigenvalue weighted by Gasteiger charge is -2.49. The molecule has 1 saturated heterocycles. The van der Waals surface area contributed by atoms with Crippen molar-refractivity contribution in [1.29, 1.82) is 0 Å². The second kappa shape index (κ2) is 14.7. The third-order valence-electron chi connectivity index (χ3n) is 7.16. The molecule has 0 aliphatic carbocycles. The van der Waals surface area contributed by atoms with Gasteiger partial charge in [-0.05, 0) is 34.2 Å². The van der Waals surface area contributed by atoms with Crippen LogP contribution in [-0.2, 0) is 24.0 Å². The predicted octanol–water partition coefficient (Wildman–Crippen LogP) is 4.82. The zero-order chi connectivity index (χ0) is 32.8. The second-order valence-electron chi connectivity index (χ2n) is 10.1. The molecule has 11 nitrogen and oxygen atoms in total. The van der Waals surface area contributed by atoms with Crippen LogP contribution in [0.2, 0.25) is 0 Å². The van der Waals surface area contributed by atoms with E-state index in [1.807, 2.05) is 84.3 Å². The fourth-order valence-corrected chi connectivity index (χ4v) is 7.89. The Balaban J connectivity index is 1.29. The highest BCUT2D eigenvalue weighted by Gasteiger charge is 2.55. The maximum atomic E-state index is 14.2. The molecule has 1 unspecified atom stereocenters. The summed E-state index contributed by atoms with van der Waals surface area (Å²) in [4.78, 5) is 56.4. The Morgan fingerprint density at radius 1 is 1.11 bits per heavy atom. The molecular formula is C33H28N6O5S3. The maximum Gasteiger partial charge on any atom is 0.356 e. The number of thioether (sulfide) groups is 2. The lowest BCUT2D eigenvalue weighted by atomic mass is 10.0. The number of hydrogen-bond donors (Lipinski definition) is 2. The number of fused-ring (bicyclic) bond motifs is 1. The number of oxime groups is 1. The molecule has 14 heteroatoms. The molecule has 0 spiro atoms. The van der Waals surface area contributed by atoms with Gasteiger partial charge in [0.2, 0.25) is 0 Å². The van der Waals surface area contributed by atoms with Crippen molar-refractivity contribution in [3.63, 3.8) is 0 Å². The molecule has 6 rings (SSSR count). The van der Waals surface area contributed by atoms with Crippen LogP contribution >= 0.6 is 34.9 Å². The van der Waals surface area contributed by atoms with Gasteiger partial charge in [-0.2, -0.15) is 0 Å². The number of anilines is 1. The molecule has 4 heterocycles. The first-order chi connectivity index (χ1) is 22.9. The van der Waals surface area contributed by atoms with Gasteiger partial charge in [-0.3, -0.25) is 19.5 Å². The van der Waals surface area contributed by atoms with Crippen molar-refractivity contribution in [1.82, 2.24) is 20.2 Å². The number of thiazole rings is 1. The topological polar surface area (TPSA) is 149 Å². The maximum absolute atomic E-state index is 14.2. The Hall–Kier alpha value is -4.92. The summed E-state index contributed by atoms with van der Waals surface area (Å²) in [5.74, 6) is -1.36. The van der Waals surface area contributed by atoms with Crippen LogP contribution in [-0.4, -0.2) is 62.6 Å². The van der Waals surface area contributed by atoms with E-state index in [2.05, 4.69) is 20.4 Å². The fraction of sp³-hybridized carbons (Fsp3) is 0.152. The number of β-lactam (4-membered cyclic amide) rings is 1. The van der Waals surface area contributed by atoms with E-state index in [0.29, 0.717) is 10.7 Å². The molecule has 47 heavy (non-hydrogen) atoms. The lowest BCUT2D eigenvalue weighted by Crippen LogP contribution is -2.71. The number of carbonyl (C=O) groups is 3. The van der Waals surface area contributed by atoms with Crippen LogP contribution in [0.3, 0.4) is 0 Å². The molecule has 238 valence electrons. The molecule has 0 radical (unpaired) electrons. The Morgan fingerprint density at radius 2 is 1.83 bits per heavy atom. The molecule has 2 aliphatic heterocycles. The first-order valence-corrected chi connectivity index (χ1v) is 17.1. The second-order valence-corrected chi connectivity index (χ2v) is 13.1. The van der Waals surface area contributed by atoms with Crippen molar-refractivity contribution in [2.45, 2.75) is 17.5 Å². The van der Waals surface area contributed by atoms with Crippen LogP contribution in [0.5, 0.6) is 0 Å². The average molecular weight is 685 g/mol. The molecule has 2 aromatic heterocycles. The summed E-state index contributed by atoms with van der Waals surface area (Å²) in [6.45, 7) is 0. The van der Waals surface area contributed by atoms with Crippen molar-refractivity contribution in [2.24, 2.45) is 5.16 Å². The highest BCUT2D eigenvalue weighted by molar-refractivity contribution is 8.08. The number of amides is 2. The van der Waals surface area contributed by atoms with Gasteiger partial charge in [0.1, 0.15) is 29.9 Å². The largest absolute Gasteiger partial charge is 0.448 e. The first kappa shape index (κ1) is 32.0. The monoisotopic (exact) mass is 684 g/mol. The number of nitrogens with one attached hydrogen (secondary N) is 1. The van der Waals surface area contributed by atoms with Crippen LogP contribution in [0, 0.1) is 0 Å². The van der Waals surface area contributed by atoms with Gasteiger partial charge in [0.15, 0.2) is 16.9 Å². The number of carbonyl (C=O) groups excluding carboxylic acids is 3. The minimum atomic E-state index is -0.926. The van der Waals surface area contributed by atoms with Crippen molar-refractivity contribution in [3.05, 3.63) is 129 Å². The molecule has 0 bridgehead atoms. The predicted molar refractivity (Wildman–Crippen MR) is 184 cm³/mol. The first-order valence-electron chi connectivity index (χ1n) is 14.3. The van der Waals surface area contributed by atoms with Gasteiger partial charge < -0.3 is 20.6 Å². The van der Waals surface area contributed by atoms with E-state index in [4.69, 9.17) is 15.3 Å². The number of benzene rings is 2. The minimum absolute atomic E-state index is 0.118. The van der Waals surface area contributed by atoms with Crippen LogP contribution in [0.1, 0.15) is 28.5 Å². The van der Waals surface area contributed by atoms with E-state index in [-0.39, 0.29) is 22.2 Å². The molecule has 2 aliphatic rings. The zero-order valence-corrected chi connectivity index (χ0v) is 27.3. The minimum Gasteiger partial charge on any atom is -0.448 e. The van der Waals surface area contributed by atoms with E-state index >= 15 is 0 Å². The van der Waals surface area contributed by atoms with E-state index in [9.17, 15) is 14.4 Å². The Kier molecular flexibility index (Phi) is 10.00. The van der Waals surface area contributed by atoms with Gasteiger partial charge in [0.05, 0.1) is 0 Å².